The molecule has 7 nitrogen and oxygen atoms in total. The van der Waals surface area contributed by atoms with Crippen molar-refractivity contribution < 1.29 is 13.2 Å². The summed E-state index contributed by atoms with van der Waals surface area (Å²) in [6.07, 6.45) is 3.74. The SMILES string of the molecule is CCn1cnnc1-c1cccc(NS(=O)(=O)CC23CCC(CC2=O)C3(C)C)c1. The van der Waals surface area contributed by atoms with Gasteiger partial charge in [-0.2, -0.15) is 0 Å². The van der Waals surface area contributed by atoms with Gasteiger partial charge in [0.25, 0.3) is 0 Å². The van der Waals surface area contributed by atoms with E-state index in [1.807, 2.05) is 31.4 Å². The summed E-state index contributed by atoms with van der Waals surface area (Å²) in [5.41, 5.74) is 0.204. The maximum atomic E-state index is 13.0. The molecule has 2 fully saturated rings. The minimum absolute atomic E-state index is 0.101. The highest BCUT2D eigenvalue weighted by atomic mass is 32.2. The van der Waals surface area contributed by atoms with Crippen LogP contribution in [0, 0.1) is 16.7 Å². The number of carbonyl (C=O) groups is 1. The fourth-order valence-corrected chi connectivity index (χ4v) is 6.96. The smallest absolute Gasteiger partial charge is 0.233 e. The van der Waals surface area contributed by atoms with Crippen LogP contribution in [0.25, 0.3) is 11.4 Å². The van der Waals surface area contributed by atoms with E-state index in [1.165, 1.54) is 0 Å². The number of hydrogen-bond donors (Lipinski definition) is 1. The molecule has 2 bridgehead atoms. The van der Waals surface area contributed by atoms with Gasteiger partial charge < -0.3 is 4.57 Å². The standard InChI is InChI=1S/C20H26N4O3S/c1-4-24-13-21-22-18(24)14-6-5-7-16(10-14)23-28(26,27)12-20-9-8-15(11-17(20)25)19(20,2)3/h5-7,10,13,15,23H,4,8-9,11-12H2,1-3H3. The molecule has 1 aromatic heterocycles. The topological polar surface area (TPSA) is 93.9 Å². The summed E-state index contributed by atoms with van der Waals surface area (Å²) in [5.74, 6) is 0.924. The predicted octanol–water partition coefficient (Wildman–Crippen LogP) is 3.10. The average molecular weight is 403 g/mol. The predicted molar refractivity (Wildman–Crippen MR) is 107 cm³/mol. The first-order valence-electron chi connectivity index (χ1n) is 9.70. The zero-order chi connectivity index (χ0) is 20.2. The van der Waals surface area contributed by atoms with Gasteiger partial charge in [-0.3, -0.25) is 9.52 Å². The Morgan fingerprint density at radius 1 is 1.32 bits per heavy atom. The molecule has 0 spiro atoms. The van der Waals surface area contributed by atoms with Gasteiger partial charge in [0.1, 0.15) is 12.1 Å². The molecule has 1 N–H and O–H groups in total. The molecular formula is C20H26N4O3S. The summed E-state index contributed by atoms with van der Waals surface area (Å²) in [4.78, 5) is 12.7. The fraction of sp³-hybridized carbons (Fsp3) is 0.550. The Bertz CT molecular complexity index is 1030. The van der Waals surface area contributed by atoms with Crippen LogP contribution in [0.3, 0.4) is 0 Å². The highest BCUT2D eigenvalue weighted by molar-refractivity contribution is 7.92. The number of nitrogens with zero attached hydrogens (tertiary/aromatic N) is 3. The van der Waals surface area contributed by atoms with Crippen LogP contribution in [0.15, 0.2) is 30.6 Å². The van der Waals surface area contributed by atoms with Crippen LogP contribution < -0.4 is 4.72 Å². The normalized spacial score (nSPS) is 26.0. The molecule has 2 unspecified atom stereocenters. The van der Waals surface area contributed by atoms with E-state index >= 15 is 0 Å². The summed E-state index contributed by atoms with van der Waals surface area (Å²) in [6.45, 7) is 6.81. The minimum atomic E-state index is -3.68. The Hall–Kier alpha value is -2.22. The molecule has 0 aliphatic heterocycles. The van der Waals surface area contributed by atoms with Crippen molar-refractivity contribution in [2.24, 2.45) is 16.7 Å². The van der Waals surface area contributed by atoms with Crippen molar-refractivity contribution in [2.45, 2.75) is 46.6 Å². The first-order valence-corrected chi connectivity index (χ1v) is 11.4. The third-order valence-corrected chi connectivity index (χ3v) is 8.35. The molecule has 150 valence electrons. The summed E-state index contributed by atoms with van der Waals surface area (Å²) in [6, 6.07) is 7.13. The molecule has 2 saturated carbocycles. The zero-order valence-corrected chi connectivity index (χ0v) is 17.3. The fourth-order valence-electron chi connectivity index (χ4n) is 5.08. The number of carbonyl (C=O) groups excluding carboxylic acids is 1. The number of ketones is 1. The second kappa shape index (κ2) is 6.40. The van der Waals surface area contributed by atoms with Crippen molar-refractivity contribution in [3.63, 3.8) is 0 Å². The molecule has 0 amide bonds. The molecule has 2 aromatic rings. The second-order valence-electron chi connectivity index (χ2n) is 8.55. The highest BCUT2D eigenvalue weighted by Gasteiger charge is 2.65. The number of aryl methyl sites for hydroxylation is 1. The van der Waals surface area contributed by atoms with Crippen molar-refractivity contribution in [2.75, 3.05) is 10.5 Å². The molecule has 2 aliphatic rings. The molecular weight excluding hydrogens is 376 g/mol. The van der Waals surface area contributed by atoms with Crippen LogP contribution in [0.4, 0.5) is 5.69 Å². The number of anilines is 1. The van der Waals surface area contributed by atoms with Crippen LogP contribution >= 0.6 is 0 Å². The summed E-state index contributed by atoms with van der Waals surface area (Å²) >= 11 is 0. The lowest BCUT2D eigenvalue weighted by atomic mass is 9.70. The number of hydrogen-bond acceptors (Lipinski definition) is 5. The van der Waals surface area contributed by atoms with Crippen LogP contribution in [-0.2, 0) is 21.4 Å². The maximum absolute atomic E-state index is 13.0. The first-order chi connectivity index (χ1) is 13.2. The van der Waals surface area contributed by atoms with Crippen LogP contribution in [-0.4, -0.2) is 34.7 Å². The molecule has 1 heterocycles. The molecule has 2 atom stereocenters. The van der Waals surface area contributed by atoms with E-state index < -0.39 is 15.4 Å². The molecule has 4 rings (SSSR count). The van der Waals surface area contributed by atoms with Gasteiger partial charge in [-0.05, 0) is 43.2 Å². The lowest BCUT2D eigenvalue weighted by Gasteiger charge is -2.36. The van der Waals surface area contributed by atoms with Gasteiger partial charge in [0.15, 0.2) is 5.82 Å². The zero-order valence-electron chi connectivity index (χ0n) is 16.5. The summed E-state index contributed by atoms with van der Waals surface area (Å²) < 4.78 is 30.6. The largest absolute Gasteiger partial charge is 0.314 e. The Labute approximate surface area is 165 Å². The molecule has 2 aliphatic carbocycles. The lowest BCUT2D eigenvalue weighted by molar-refractivity contribution is -0.128. The van der Waals surface area contributed by atoms with E-state index in [4.69, 9.17) is 0 Å². The van der Waals surface area contributed by atoms with Gasteiger partial charge in [0.2, 0.25) is 10.0 Å². The molecule has 8 heteroatoms. The second-order valence-corrected chi connectivity index (χ2v) is 10.3. The molecule has 0 saturated heterocycles. The van der Waals surface area contributed by atoms with Crippen molar-refractivity contribution in [3.8, 4) is 11.4 Å². The van der Waals surface area contributed by atoms with Crippen LogP contribution in [0.1, 0.15) is 40.0 Å². The Kier molecular flexibility index (Phi) is 4.37. The number of rotatable bonds is 6. The van der Waals surface area contributed by atoms with E-state index in [9.17, 15) is 13.2 Å². The minimum Gasteiger partial charge on any atom is -0.314 e. The Morgan fingerprint density at radius 3 is 2.75 bits per heavy atom. The van der Waals surface area contributed by atoms with Gasteiger partial charge >= 0.3 is 0 Å². The van der Waals surface area contributed by atoms with E-state index in [0.29, 0.717) is 30.3 Å². The lowest BCUT2D eigenvalue weighted by Crippen LogP contribution is -2.43. The van der Waals surface area contributed by atoms with Gasteiger partial charge in [0, 0.05) is 24.2 Å². The Morgan fingerprint density at radius 2 is 2.11 bits per heavy atom. The summed E-state index contributed by atoms with van der Waals surface area (Å²) in [5, 5.41) is 8.06. The van der Waals surface area contributed by atoms with E-state index in [0.717, 1.165) is 18.5 Å². The van der Waals surface area contributed by atoms with Crippen molar-refractivity contribution in [1.82, 2.24) is 14.8 Å². The number of fused-ring (bicyclic) bond motifs is 2. The van der Waals surface area contributed by atoms with Crippen molar-refractivity contribution in [1.29, 1.82) is 0 Å². The average Bonchev–Trinajstić information content (AvgIpc) is 3.24. The number of nitrogens with one attached hydrogen (secondary N) is 1. The van der Waals surface area contributed by atoms with Gasteiger partial charge in [-0.25, -0.2) is 8.42 Å². The number of aromatic nitrogens is 3. The monoisotopic (exact) mass is 402 g/mol. The maximum Gasteiger partial charge on any atom is 0.233 e. The molecule has 1 aromatic carbocycles. The van der Waals surface area contributed by atoms with Gasteiger partial charge in [0.05, 0.1) is 11.2 Å². The Balaban J connectivity index is 1.59. The highest BCUT2D eigenvalue weighted by Crippen LogP contribution is 2.64. The molecule has 28 heavy (non-hydrogen) atoms. The van der Waals surface area contributed by atoms with Gasteiger partial charge in [-0.1, -0.05) is 26.0 Å². The van der Waals surface area contributed by atoms with Crippen LogP contribution in [0.5, 0.6) is 0 Å². The van der Waals surface area contributed by atoms with Crippen LogP contribution in [0.2, 0.25) is 0 Å². The summed E-state index contributed by atoms with van der Waals surface area (Å²) in [7, 11) is -3.68. The van der Waals surface area contributed by atoms with E-state index in [-0.39, 0.29) is 17.0 Å². The third-order valence-electron chi connectivity index (χ3n) is 6.93. The number of benzene rings is 1. The van der Waals surface area contributed by atoms with Gasteiger partial charge in [-0.15, -0.1) is 10.2 Å². The first kappa shape index (κ1) is 19.1. The van der Waals surface area contributed by atoms with E-state index in [2.05, 4.69) is 14.9 Å². The third kappa shape index (κ3) is 2.85. The van der Waals surface area contributed by atoms with E-state index in [1.54, 1.807) is 24.5 Å². The van der Waals surface area contributed by atoms with Crippen molar-refractivity contribution in [3.05, 3.63) is 30.6 Å². The van der Waals surface area contributed by atoms with Crippen molar-refractivity contribution >= 4 is 21.5 Å². The quantitative estimate of drug-likeness (QED) is 0.801. The number of Topliss-reactive ketones (excluding diaryl/α,β-unsaturated/α-hetero) is 1. The number of sulfonamides is 1. The molecule has 0 radical (unpaired) electrons.